The van der Waals surface area contributed by atoms with Crippen molar-refractivity contribution in [2.75, 3.05) is 13.2 Å². The van der Waals surface area contributed by atoms with Crippen molar-refractivity contribution < 1.29 is 49.8 Å². The van der Waals surface area contributed by atoms with Gasteiger partial charge in [-0.2, -0.15) is 30.7 Å². The average molecular weight is 446 g/mol. The Bertz CT molecular complexity index is 717. The zero-order valence-corrected chi connectivity index (χ0v) is 16.0. The highest BCUT2D eigenvalue weighted by Gasteiger charge is 2.73. The van der Waals surface area contributed by atoms with E-state index in [9.17, 15) is 40.3 Å². The smallest absolute Gasteiger partial charge is 0.460 e. The van der Waals surface area contributed by atoms with Crippen LogP contribution in [0.25, 0.3) is 0 Å². The number of carbonyl (C=O) groups is 2. The second-order valence-corrected chi connectivity index (χ2v) is 6.45. The van der Waals surface area contributed by atoms with E-state index >= 15 is 0 Å². The van der Waals surface area contributed by atoms with E-state index in [1.165, 1.54) is 12.1 Å². The van der Waals surface area contributed by atoms with Gasteiger partial charge in [0.15, 0.2) is 6.61 Å². The van der Waals surface area contributed by atoms with Crippen LogP contribution in [0, 0.1) is 0 Å². The van der Waals surface area contributed by atoms with Crippen LogP contribution in [0.1, 0.15) is 59.7 Å². The summed E-state index contributed by atoms with van der Waals surface area (Å²) in [6.07, 6.45) is -2.22. The van der Waals surface area contributed by atoms with Gasteiger partial charge in [0.1, 0.15) is 0 Å². The van der Waals surface area contributed by atoms with Gasteiger partial charge >= 0.3 is 30.0 Å². The average Bonchev–Trinajstić information content (AvgIpc) is 2.67. The fourth-order valence-corrected chi connectivity index (χ4v) is 2.32. The maximum Gasteiger partial charge on any atom is 0.460 e. The van der Waals surface area contributed by atoms with Crippen LogP contribution in [-0.2, 0) is 9.47 Å². The van der Waals surface area contributed by atoms with Crippen molar-refractivity contribution in [3.8, 4) is 0 Å². The lowest BCUT2D eigenvalue weighted by atomic mass is 10.1. The predicted molar refractivity (Wildman–Crippen MR) is 91.7 cm³/mol. The molecule has 11 heteroatoms. The molecule has 0 N–H and O–H groups in total. The molecule has 0 saturated heterocycles. The summed E-state index contributed by atoms with van der Waals surface area (Å²) in [5.41, 5.74) is -0.985. The molecule has 0 unspecified atom stereocenters. The van der Waals surface area contributed by atoms with Gasteiger partial charge in [-0.1, -0.05) is 44.7 Å². The van der Waals surface area contributed by atoms with Gasteiger partial charge in [-0.3, -0.25) is 0 Å². The highest BCUT2D eigenvalue weighted by atomic mass is 19.4. The first-order valence-corrected chi connectivity index (χ1v) is 9.10. The zero-order chi connectivity index (χ0) is 23.0. The number of ether oxygens (including phenoxy) is 2. The minimum absolute atomic E-state index is 0.0296. The molecule has 0 bridgehead atoms. The van der Waals surface area contributed by atoms with E-state index in [0.717, 1.165) is 37.8 Å². The van der Waals surface area contributed by atoms with E-state index < -0.39 is 42.1 Å². The number of unbranched alkanes of at least 4 members (excludes halogenated alkanes) is 4. The summed E-state index contributed by atoms with van der Waals surface area (Å²) in [5.74, 6) is -14.8. The zero-order valence-electron chi connectivity index (χ0n) is 16.0. The lowest BCUT2D eigenvalue weighted by molar-refractivity contribution is -0.359. The Morgan fingerprint density at radius 3 is 1.80 bits per heavy atom. The first-order valence-electron chi connectivity index (χ1n) is 9.10. The fourth-order valence-electron chi connectivity index (χ4n) is 2.32. The van der Waals surface area contributed by atoms with Crippen molar-refractivity contribution in [1.82, 2.24) is 0 Å². The summed E-state index contributed by atoms with van der Waals surface area (Å²) in [6.45, 7) is -0.475. The Kier molecular flexibility index (Phi) is 9.10. The molecule has 0 spiro atoms. The highest BCUT2D eigenvalue weighted by molar-refractivity contribution is 6.03. The molecule has 0 saturated carbocycles. The normalized spacial score (nSPS) is 12.5. The van der Waals surface area contributed by atoms with Gasteiger partial charge in [0.2, 0.25) is 0 Å². The standard InChI is InChI=1S/C19H21F7O4/c1-2-3-4-5-8-11-29-15(27)13-9-6-7-10-14(13)16(28)30-12-17(20,21)18(22,23)19(24,25)26/h6-7,9-10H,2-5,8,11-12H2,1H3. The van der Waals surface area contributed by atoms with Crippen LogP contribution in [0.4, 0.5) is 30.7 Å². The van der Waals surface area contributed by atoms with Gasteiger partial charge in [-0.05, 0) is 18.6 Å². The summed E-state index contributed by atoms with van der Waals surface area (Å²) >= 11 is 0. The Morgan fingerprint density at radius 2 is 1.30 bits per heavy atom. The number of rotatable bonds is 11. The van der Waals surface area contributed by atoms with Crippen molar-refractivity contribution in [2.45, 2.75) is 57.0 Å². The second-order valence-electron chi connectivity index (χ2n) is 6.45. The highest BCUT2D eigenvalue weighted by Crippen LogP contribution is 2.46. The van der Waals surface area contributed by atoms with E-state index in [4.69, 9.17) is 4.74 Å². The van der Waals surface area contributed by atoms with Crippen molar-refractivity contribution in [3.63, 3.8) is 0 Å². The largest absolute Gasteiger partial charge is 0.462 e. The van der Waals surface area contributed by atoms with Crippen LogP contribution >= 0.6 is 0 Å². The van der Waals surface area contributed by atoms with Gasteiger partial charge in [0.25, 0.3) is 0 Å². The lowest BCUT2D eigenvalue weighted by Crippen LogP contribution is -2.54. The van der Waals surface area contributed by atoms with Crippen molar-refractivity contribution in [3.05, 3.63) is 35.4 Å². The molecule has 0 aromatic heterocycles. The molecule has 0 aliphatic heterocycles. The van der Waals surface area contributed by atoms with Gasteiger partial charge < -0.3 is 9.47 Å². The molecule has 1 aromatic carbocycles. The Balaban J connectivity index is 2.77. The summed E-state index contributed by atoms with van der Waals surface area (Å²) in [6, 6.07) is 4.63. The maximum absolute atomic E-state index is 13.3. The number of alkyl halides is 7. The molecule has 0 amide bonds. The van der Waals surface area contributed by atoms with Crippen LogP contribution in [0.15, 0.2) is 24.3 Å². The minimum Gasteiger partial charge on any atom is -0.462 e. The first-order chi connectivity index (χ1) is 13.8. The molecule has 1 rings (SSSR count). The third-order valence-electron chi connectivity index (χ3n) is 4.05. The summed E-state index contributed by atoms with van der Waals surface area (Å²) in [7, 11) is 0. The Morgan fingerprint density at radius 1 is 0.800 bits per heavy atom. The van der Waals surface area contributed by atoms with Crippen molar-refractivity contribution >= 4 is 11.9 Å². The lowest BCUT2D eigenvalue weighted by Gasteiger charge is -2.27. The van der Waals surface area contributed by atoms with Crippen molar-refractivity contribution in [2.24, 2.45) is 0 Å². The molecule has 0 aliphatic rings. The molecule has 0 radical (unpaired) electrons. The quantitative estimate of drug-likeness (QED) is 0.245. The van der Waals surface area contributed by atoms with Gasteiger partial charge in [-0.25, -0.2) is 9.59 Å². The van der Waals surface area contributed by atoms with Gasteiger partial charge in [0, 0.05) is 0 Å². The molecule has 170 valence electrons. The maximum atomic E-state index is 13.3. The number of carbonyl (C=O) groups excluding carboxylic acids is 2. The Hall–Kier alpha value is -2.33. The predicted octanol–water partition coefficient (Wildman–Crippen LogP) is 5.80. The third kappa shape index (κ3) is 6.60. The molecule has 1 aromatic rings. The van der Waals surface area contributed by atoms with Crippen LogP contribution in [0.5, 0.6) is 0 Å². The molecule has 0 heterocycles. The topological polar surface area (TPSA) is 52.6 Å². The van der Waals surface area contributed by atoms with Gasteiger partial charge in [-0.15, -0.1) is 0 Å². The van der Waals surface area contributed by atoms with E-state index in [-0.39, 0.29) is 12.2 Å². The molecule has 0 aliphatic carbocycles. The molecular weight excluding hydrogens is 425 g/mol. The van der Waals surface area contributed by atoms with E-state index in [1.54, 1.807) is 0 Å². The molecule has 4 nitrogen and oxygen atoms in total. The van der Waals surface area contributed by atoms with Crippen LogP contribution in [0.2, 0.25) is 0 Å². The number of esters is 2. The number of halogens is 7. The summed E-state index contributed by atoms with van der Waals surface area (Å²) < 4.78 is 97.7. The number of hydrogen-bond acceptors (Lipinski definition) is 4. The van der Waals surface area contributed by atoms with Crippen LogP contribution < -0.4 is 0 Å². The molecule has 0 atom stereocenters. The monoisotopic (exact) mass is 446 g/mol. The van der Waals surface area contributed by atoms with Crippen LogP contribution in [-0.4, -0.2) is 43.2 Å². The minimum atomic E-state index is -6.54. The summed E-state index contributed by atoms with van der Waals surface area (Å²) in [4.78, 5) is 24.1. The molecular formula is C19H21F7O4. The molecule has 30 heavy (non-hydrogen) atoms. The van der Waals surface area contributed by atoms with E-state index in [0.29, 0.717) is 6.42 Å². The van der Waals surface area contributed by atoms with Crippen molar-refractivity contribution in [1.29, 1.82) is 0 Å². The van der Waals surface area contributed by atoms with Gasteiger partial charge in [0.05, 0.1) is 17.7 Å². The van der Waals surface area contributed by atoms with Crippen LogP contribution in [0.3, 0.4) is 0 Å². The second kappa shape index (κ2) is 10.6. The third-order valence-corrected chi connectivity index (χ3v) is 4.05. The first kappa shape index (κ1) is 25.7. The number of benzene rings is 1. The fraction of sp³-hybridized carbons (Fsp3) is 0.579. The Labute approximate surface area is 168 Å². The van der Waals surface area contributed by atoms with E-state index in [1.807, 2.05) is 6.92 Å². The van der Waals surface area contributed by atoms with E-state index in [2.05, 4.69) is 4.74 Å². The SMILES string of the molecule is CCCCCCCOC(=O)c1ccccc1C(=O)OCC(F)(F)C(F)(F)C(F)(F)F. The molecule has 0 fully saturated rings. The number of hydrogen-bond donors (Lipinski definition) is 0. The summed E-state index contributed by atoms with van der Waals surface area (Å²) in [5, 5.41) is 0.